The van der Waals surface area contributed by atoms with E-state index < -0.39 is 8.32 Å². The maximum atomic E-state index is 14.4. The second-order valence-electron chi connectivity index (χ2n) is 14.9. The molecule has 0 radical (unpaired) electrons. The maximum Gasteiger partial charge on any atom is 0.247 e. The van der Waals surface area contributed by atoms with Gasteiger partial charge >= 0.3 is 0 Å². The molecule has 1 amide bonds. The van der Waals surface area contributed by atoms with E-state index in [1.807, 2.05) is 18.2 Å². The van der Waals surface area contributed by atoms with Crippen molar-refractivity contribution in [3.63, 3.8) is 0 Å². The Morgan fingerprint density at radius 3 is 2.27 bits per heavy atom. The van der Waals surface area contributed by atoms with Crippen molar-refractivity contribution < 1.29 is 18.4 Å². The lowest BCUT2D eigenvalue weighted by Gasteiger charge is -2.41. The molecule has 0 unspecified atom stereocenters. The van der Waals surface area contributed by atoms with Crippen LogP contribution in [0, 0.1) is 25.7 Å². The minimum absolute atomic E-state index is 0.0113. The van der Waals surface area contributed by atoms with Crippen molar-refractivity contribution >= 4 is 19.9 Å². The van der Waals surface area contributed by atoms with Crippen LogP contribution >= 0.6 is 0 Å². The fraction of sp³-hybridized carbons (Fsp3) is 0.595. The third-order valence-corrected chi connectivity index (χ3v) is 15.2. The van der Waals surface area contributed by atoms with E-state index in [0.717, 1.165) is 74.9 Å². The van der Waals surface area contributed by atoms with Crippen LogP contribution in [-0.4, -0.2) is 44.2 Å². The SMILES string of the molecule is COc1ccc(C2CCC(CN(C(=O)C3CCC(O[Si](C)(C)C(C)(C)C)CC3)c3cccc(-c4nnc(C)o4)c3)CC2)cc1C. The topological polar surface area (TPSA) is 77.7 Å². The minimum Gasteiger partial charge on any atom is -0.496 e. The second kappa shape index (κ2) is 13.8. The van der Waals surface area contributed by atoms with Crippen LogP contribution in [0.4, 0.5) is 5.69 Å². The van der Waals surface area contributed by atoms with Crippen LogP contribution in [0.25, 0.3) is 11.5 Å². The lowest BCUT2D eigenvalue weighted by molar-refractivity contribution is -0.124. The largest absolute Gasteiger partial charge is 0.496 e. The molecule has 1 aromatic heterocycles. The standard InChI is InChI=1S/C37H53N3O4Si/c1-25-22-30(18-21-34(25)42-6)28-14-12-27(13-15-28)24-40(32-11-9-10-31(23-32)35-39-38-26(2)43-35)36(41)29-16-19-33(20-17-29)44-45(7,8)37(3,4)5/h9-11,18,21-23,27-29,33H,12-17,19-20,24H2,1-8H3. The van der Waals surface area contributed by atoms with E-state index in [4.69, 9.17) is 13.6 Å². The Bertz CT molecular complexity index is 1450. The molecule has 2 aliphatic rings. The first-order chi connectivity index (χ1) is 21.3. The molecule has 0 atom stereocenters. The zero-order valence-corrected chi connectivity index (χ0v) is 29.7. The number of amides is 1. The first kappa shape index (κ1) is 33.4. The zero-order chi connectivity index (χ0) is 32.4. The monoisotopic (exact) mass is 631 g/mol. The molecule has 0 bridgehead atoms. The van der Waals surface area contributed by atoms with Gasteiger partial charge < -0.3 is 18.5 Å². The number of aryl methyl sites for hydroxylation is 2. The van der Waals surface area contributed by atoms with E-state index in [0.29, 0.717) is 23.6 Å². The van der Waals surface area contributed by atoms with Crippen LogP contribution in [-0.2, 0) is 9.22 Å². The molecule has 45 heavy (non-hydrogen) atoms. The summed E-state index contributed by atoms with van der Waals surface area (Å²) in [5, 5.41) is 8.44. The summed E-state index contributed by atoms with van der Waals surface area (Å²) in [6.45, 7) is 16.2. The minimum atomic E-state index is -1.84. The predicted octanol–water partition coefficient (Wildman–Crippen LogP) is 9.25. The Labute approximate surface area is 271 Å². The Morgan fingerprint density at radius 2 is 1.67 bits per heavy atom. The third-order valence-electron chi connectivity index (χ3n) is 10.7. The number of carbonyl (C=O) groups is 1. The van der Waals surface area contributed by atoms with Crippen molar-refractivity contribution in [2.45, 2.75) is 116 Å². The van der Waals surface area contributed by atoms with Crippen LogP contribution in [0.3, 0.4) is 0 Å². The van der Waals surface area contributed by atoms with Crippen LogP contribution in [0.15, 0.2) is 46.9 Å². The molecular weight excluding hydrogens is 579 g/mol. The highest BCUT2D eigenvalue weighted by molar-refractivity contribution is 6.74. The number of ether oxygens (including phenoxy) is 1. The van der Waals surface area contributed by atoms with Crippen molar-refractivity contribution in [3.05, 3.63) is 59.5 Å². The van der Waals surface area contributed by atoms with E-state index in [-0.39, 0.29) is 23.0 Å². The van der Waals surface area contributed by atoms with E-state index >= 15 is 0 Å². The van der Waals surface area contributed by atoms with Gasteiger partial charge in [-0.25, -0.2) is 0 Å². The molecule has 2 fully saturated rings. The average Bonchev–Trinajstić information content (AvgIpc) is 3.46. The summed E-state index contributed by atoms with van der Waals surface area (Å²) in [4.78, 5) is 16.5. The highest BCUT2D eigenvalue weighted by Gasteiger charge is 2.41. The highest BCUT2D eigenvalue weighted by atomic mass is 28.4. The van der Waals surface area contributed by atoms with Gasteiger partial charge in [0.2, 0.25) is 17.7 Å². The maximum absolute atomic E-state index is 14.4. The molecule has 3 aromatic rings. The molecule has 0 N–H and O–H groups in total. The van der Waals surface area contributed by atoms with Gasteiger partial charge in [-0.3, -0.25) is 4.79 Å². The lowest BCUT2D eigenvalue weighted by atomic mass is 9.78. The normalized spacial score (nSPS) is 22.7. The second-order valence-corrected chi connectivity index (χ2v) is 19.7. The number of rotatable bonds is 9. The van der Waals surface area contributed by atoms with E-state index in [1.54, 1.807) is 14.0 Å². The average molecular weight is 632 g/mol. The number of benzene rings is 2. The number of hydrogen-bond donors (Lipinski definition) is 0. The molecule has 0 aliphatic heterocycles. The highest BCUT2D eigenvalue weighted by Crippen LogP contribution is 2.41. The number of hydrogen-bond acceptors (Lipinski definition) is 6. The summed E-state index contributed by atoms with van der Waals surface area (Å²) < 4.78 is 18.0. The number of anilines is 1. The molecule has 2 saturated carbocycles. The molecule has 2 aliphatic carbocycles. The summed E-state index contributed by atoms with van der Waals surface area (Å²) in [5.74, 6) is 3.22. The van der Waals surface area contributed by atoms with Crippen LogP contribution in [0.5, 0.6) is 5.75 Å². The Balaban J connectivity index is 1.30. The first-order valence-electron chi connectivity index (χ1n) is 16.9. The lowest BCUT2D eigenvalue weighted by Crippen LogP contribution is -2.46. The van der Waals surface area contributed by atoms with Gasteiger partial charge in [-0.1, -0.05) is 39.0 Å². The summed E-state index contributed by atoms with van der Waals surface area (Å²) in [7, 11) is -0.112. The molecular formula is C37H53N3O4Si. The van der Waals surface area contributed by atoms with E-state index in [1.165, 1.54) is 11.1 Å². The zero-order valence-electron chi connectivity index (χ0n) is 28.7. The van der Waals surface area contributed by atoms with Gasteiger partial charge in [-0.05, 0) is 124 Å². The van der Waals surface area contributed by atoms with Crippen molar-refractivity contribution in [2.75, 3.05) is 18.6 Å². The fourth-order valence-electron chi connectivity index (χ4n) is 6.88. The molecule has 0 saturated heterocycles. The Morgan fingerprint density at radius 1 is 0.956 bits per heavy atom. The number of carbonyl (C=O) groups excluding carboxylic acids is 1. The molecule has 244 valence electrons. The first-order valence-corrected chi connectivity index (χ1v) is 19.8. The number of nitrogens with zero attached hydrogens (tertiary/aromatic N) is 3. The Kier molecular flexibility index (Phi) is 10.2. The predicted molar refractivity (Wildman–Crippen MR) is 183 cm³/mol. The molecule has 7 nitrogen and oxygen atoms in total. The number of methoxy groups -OCH3 is 1. The molecule has 8 heteroatoms. The molecule has 1 heterocycles. The number of aromatic nitrogens is 2. The third kappa shape index (κ3) is 7.88. The van der Waals surface area contributed by atoms with E-state index in [2.05, 4.69) is 80.2 Å². The van der Waals surface area contributed by atoms with Gasteiger partial charge in [0.15, 0.2) is 8.32 Å². The summed E-state index contributed by atoms with van der Waals surface area (Å²) in [5.41, 5.74) is 4.35. The van der Waals surface area contributed by atoms with Crippen molar-refractivity contribution in [3.8, 4) is 17.2 Å². The van der Waals surface area contributed by atoms with Gasteiger partial charge in [0.1, 0.15) is 5.75 Å². The van der Waals surface area contributed by atoms with Crippen molar-refractivity contribution in [1.29, 1.82) is 0 Å². The molecule has 5 rings (SSSR count). The van der Waals surface area contributed by atoms with Crippen LogP contribution < -0.4 is 9.64 Å². The van der Waals surface area contributed by atoms with Gasteiger partial charge in [0.25, 0.3) is 0 Å². The van der Waals surface area contributed by atoms with Crippen LogP contribution in [0.1, 0.15) is 95.1 Å². The summed E-state index contributed by atoms with van der Waals surface area (Å²) in [6, 6.07) is 14.7. The van der Waals surface area contributed by atoms with Crippen molar-refractivity contribution in [2.24, 2.45) is 11.8 Å². The van der Waals surface area contributed by atoms with Gasteiger partial charge in [0.05, 0.1) is 7.11 Å². The smallest absolute Gasteiger partial charge is 0.247 e. The van der Waals surface area contributed by atoms with Gasteiger partial charge in [0, 0.05) is 36.7 Å². The quantitative estimate of drug-likeness (QED) is 0.219. The summed E-state index contributed by atoms with van der Waals surface area (Å²) in [6.07, 6.45) is 8.38. The summed E-state index contributed by atoms with van der Waals surface area (Å²) >= 11 is 0. The van der Waals surface area contributed by atoms with E-state index in [9.17, 15) is 4.79 Å². The molecule has 0 spiro atoms. The van der Waals surface area contributed by atoms with Gasteiger partial charge in [-0.2, -0.15) is 0 Å². The fourth-order valence-corrected chi connectivity index (χ4v) is 8.30. The van der Waals surface area contributed by atoms with Gasteiger partial charge in [-0.15, -0.1) is 10.2 Å². The van der Waals surface area contributed by atoms with Crippen molar-refractivity contribution in [1.82, 2.24) is 10.2 Å². The molecule has 2 aromatic carbocycles. The van der Waals surface area contributed by atoms with Crippen LogP contribution in [0.2, 0.25) is 18.1 Å². The Hall–Kier alpha value is -2.97.